The van der Waals surface area contributed by atoms with Crippen molar-refractivity contribution < 1.29 is 24.2 Å². The molecule has 2 aromatic heterocycles. The van der Waals surface area contributed by atoms with Crippen molar-refractivity contribution in [3.8, 4) is 17.1 Å². The number of aryl methyl sites for hydroxylation is 1. The van der Waals surface area contributed by atoms with Gasteiger partial charge in [0.2, 0.25) is 0 Å². The number of esters is 1. The van der Waals surface area contributed by atoms with Gasteiger partial charge in [0.15, 0.2) is 5.60 Å². The summed E-state index contributed by atoms with van der Waals surface area (Å²) in [7, 11) is 0. The number of pyridine rings is 2. The van der Waals surface area contributed by atoms with E-state index in [0.29, 0.717) is 60.4 Å². The highest BCUT2D eigenvalue weighted by atomic mass is 35.5. The minimum absolute atomic E-state index is 0. The van der Waals surface area contributed by atoms with E-state index in [1.165, 1.54) is 32.4 Å². The molecule has 4 aliphatic rings. The molecule has 4 aliphatic heterocycles. The van der Waals surface area contributed by atoms with Crippen LogP contribution in [0.5, 0.6) is 5.75 Å². The van der Waals surface area contributed by atoms with Gasteiger partial charge in [0.1, 0.15) is 12.4 Å². The number of hydrogen-bond donors (Lipinski definition) is 1. The molecule has 1 atom stereocenters. The molecule has 2 fully saturated rings. The lowest BCUT2D eigenvalue weighted by molar-refractivity contribution is -0.172. The number of hydrogen-bond acceptors (Lipinski definition) is 8. The van der Waals surface area contributed by atoms with Gasteiger partial charge in [-0.05, 0) is 81.4 Å². The van der Waals surface area contributed by atoms with Gasteiger partial charge in [-0.15, -0.1) is 24.8 Å². The van der Waals surface area contributed by atoms with Gasteiger partial charge in [-0.1, -0.05) is 20.3 Å². The van der Waals surface area contributed by atoms with E-state index in [0.717, 1.165) is 34.9 Å². The second-order valence-corrected chi connectivity index (χ2v) is 12.2. The number of amides is 1. The number of ether oxygens (including phenoxy) is 2. The van der Waals surface area contributed by atoms with Crippen LogP contribution in [0.2, 0.25) is 0 Å². The van der Waals surface area contributed by atoms with Crippen LogP contribution in [0.1, 0.15) is 74.6 Å². The lowest BCUT2D eigenvalue weighted by Gasteiger charge is -2.39. The number of aliphatic hydroxyl groups is 1. The van der Waals surface area contributed by atoms with Crippen molar-refractivity contribution in [2.45, 2.75) is 83.6 Å². The Morgan fingerprint density at radius 3 is 2.47 bits per heavy atom. The van der Waals surface area contributed by atoms with Gasteiger partial charge in [-0.2, -0.15) is 0 Å². The highest BCUT2D eigenvalue weighted by molar-refractivity contribution is 5.90. The molecule has 2 saturated heterocycles. The largest absolute Gasteiger partial charge is 0.458 e. The molecule has 0 bridgehead atoms. The summed E-state index contributed by atoms with van der Waals surface area (Å²) >= 11 is 0. The summed E-state index contributed by atoms with van der Waals surface area (Å²) in [5, 5.41) is 12.0. The molecule has 3 aromatic rings. The Morgan fingerprint density at radius 2 is 1.78 bits per heavy atom. The molecule has 0 unspecified atom stereocenters. The predicted molar refractivity (Wildman–Crippen MR) is 174 cm³/mol. The van der Waals surface area contributed by atoms with Crippen LogP contribution in [0.4, 0.5) is 4.79 Å². The summed E-state index contributed by atoms with van der Waals surface area (Å²) in [5.41, 5.74) is 2.38. The zero-order valence-electron chi connectivity index (χ0n) is 25.7. The summed E-state index contributed by atoms with van der Waals surface area (Å²) in [4.78, 5) is 48.5. The Bertz CT molecular complexity index is 1700. The van der Waals surface area contributed by atoms with Crippen LogP contribution in [0.25, 0.3) is 22.3 Å². The Balaban J connectivity index is 0.00000200. The first-order chi connectivity index (χ1) is 20.8. The molecule has 45 heavy (non-hydrogen) atoms. The van der Waals surface area contributed by atoms with E-state index in [1.807, 2.05) is 17.0 Å². The molecule has 0 spiro atoms. The van der Waals surface area contributed by atoms with E-state index in [4.69, 9.17) is 14.5 Å². The Hall–Kier alpha value is -3.18. The molecular weight excluding hydrogens is 619 g/mol. The molecular formula is C33H40Cl2N4O6. The molecule has 6 heterocycles. The number of likely N-dealkylation sites (tertiary alicyclic amines) is 2. The first-order valence-corrected chi connectivity index (χ1v) is 15.7. The van der Waals surface area contributed by atoms with Crippen molar-refractivity contribution in [1.29, 1.82) is 0 Å². The average Bonchev–Trinajstić information content (AvgIpc) is 3.41. The van der Waals surface area contributed by atoms with Gasteiger partial charge >= 0.3 is 12.1 Å². The minimum Gasteiger partial charge on any atom is -0.458 e. The quantitative estimate of drug-likeness (QED) is 0.307. The van der Waals surface area contributed by atoms with Crippen LogP contribution < -0.4 is 10.3 Å². The average molecular weight is 660 g/mol. The van der Waals surface area contributed by atoms with E-state index >= 15 is 0 Å². The number of nitrogens with zero attached hydrogens (tertiary/aromatic N) is 4. The number of halogens is 2. The summed E-state index contributed by atoms with van der Waals surface area (Å²) in [6.45, 7) is 7.65. The number of carbonyl (C=O) groups excluding carboxylic acids is 2. The lowest BCUT2D eigenvalue weighted by Crippen LogP contribution is -2.48. The van der Waals surface area contributed by atoms with Crippen LogP contribution in [0.3, 0.4) is 0 Å². The topological polar surface area (TPSA) is 114 Å². The summed E-state index contributed by atoms with van der Waals surface area (Å²) in [6.07, 6.45) is 6.26. The zero-order chi connectivity index (χ0) is 29.9. The van der Waals surface area contributed by atoms with Gasteiger partial charge in [0.25, 0.3) is 5.56 Å². The molecule has 7 rings (SSSR count). The maximum atomic E-state index is 13.6. The molecule has 242 valence electrons. The molecule has 1 aromatic carbocycles. The fourth-order valence-electron chi connectivity index (χ4n) is 7.47. The van der Waals surface area contributed by atoms with Crippen molar-refractivity contribution in [1.82, 2.24) is 19.4 Å². The number of aromatic nitrogens is 2. The first kappa shape index (κ1) is 33.2. The highest BCUT2D eigenvalue weighted by Gasteiger charge is 2.45. The summed E-state index contributed by atoms with van der Waals surface area (Å²) < 4.78 is 12.7. The molecule has 10 nitrogen and oxygen atoms in total. The zero-order valence-corrected chi connectivity index (χ0v) is 27.3. The molecule has 1 N–H and O–H groups in total. The summed E-state index contributed by atoms with van der Waals surface area (Å²) in [5.74, 6) is -0.266. The van der Waals surface area contributed by atoms with E-state index < -0.39 is 11.6 Å². The third-order valence-electron chi connectivity index (χ3n) is 9.97. The third kappa shape index (κ3) is 5.49. The SMILES string of the molecule is CCc1c2c(nc3ccc(OC(=O)N4CCC(N5CCCCC5)CC4)cc13)-c1cc3c(c(=O)n1C2)COC(=O)[C@]3(O)CC.Cl.Cl. The van der Waals surface area contributed by atoms with E-state index in [1.54, 1.807) is 23.6 Å². The second-order valence-electron chi connectivity index (χ2n) is 12.2. The number of rotatable bonds is 4. The van der Waals surface area contributed by atoms with Crippen molar-refractivity contribution >= 4 is 47.8 Å². The van der Waals surface area contributed by atoms with E-state index in [2.05, 4.69) is 11.8 Å². The maximum Gasteiger partial charge on any atom is 0.415 e. The van der Waals surface area contributed by atoms with Crippen LogP contribution in [0.15, 0.2) is 29.1 Å². The van der Waals surface area contributed by atoms with Gasteiger partial charge in [0, 0.05) is 35.6 Å². The highest BCUT2D eigenvalue weighted by Crippen LogP contribution is 2.41. The number of cyclic esters (lactones) is 1. The lowest BCUT2D eigenvalue weighted by atomic mass is 9.86. The molecule has 0 radical (unpaired) electrons. The van der Waals surface area contributed by atoms with Crippen LogP contribution in [0, 0.1) is 0 Å². The Morgan fingerprint density at radius 1 is 1.04 bits per heavy atom. The van der Waals surface area contributed by atoms with Crippen molar-refractivity contribution in [3.05, 3.63) is 56.9 Å². The first-order valence-electron chi connectivity index (χ1n) is 15.7. The number of carbonyl (C=O) groups is 2. The normalized spacial score (nSPS) is 21.2. The smallest absolute Gasteiger partial charge is 0.415 e. The molecule has 0 aliphatic carbocycles. The number of piperidine rings is 2. The Labute approximate surface area is 274 Å². The van der Waals surface area contributed by atoms with Gasteiger partial charge in [-0.25, -0.2) is 14.6 Å². The maximum absolute atomic E-state index is 13.6. The van der Waals surface area contributed by atoms with Crippen molar-refractivity contribution in [3.63, 3.8) is 0 Å². The van der Waals surface area contributed by atoms with Crippen LogP contribution in [-0.4, -0.2) is 68.7 Å². The molecule has 0 saturated carbocycles. The predicted octanol–water partition coefficient (Wildman–Crippen LogP) is 4.93. The standard InChI is InChI=1S/C33H38N4O6.2ClH/c1-3-22-23-16-21(43-32(40)36-14-10-20(11-15-36)35-12-6-5-7-13-35)8-9-27(23)34-29-24(22)18-37-28(29)17-26-25(30(37)38)19-42-31(39)33(26,41)4-2;;/h8-9,16-17,20,41H,3-7,10-15,18-19H2,1-2H3;2*1H/t33-;;/m0../s1. The number of fused-ring (bicyclic) bond motifs is 5. The Kier molecular flexibility index (Phi) is 9.52. The molecule has 1 amide bonds. The fourth-order valence-corrected chi connectivity index (χ4v) is 7.47. The van der Waals surface area contributed by atoms with E-state index in [-0.39, 0.29) is 49.5 Å². The third-order valence-corrected chi connectivity index (χ3v) is 9.97. The van der Waals surface area contributed by atoms with Crippen LogP contribution >= 0.6 is 24.8 Å². The minimum atomic E-state index is -1.86. The van der Waals surface area contributed by atoms with Gasteiger partial charge < -0.3 is 28.9 Å². The van der Waals surface area contributed by atoms with Gasteiger partial charge in [0.05, 0.1) is 29.0 Å². The van der Waals surface area contributed by atoms with Crippen molar-refractivity contribution in [2.75, 3.05) is 26.2 Å². The molecule has 12 heteroatoms. The van der Waals surface area contributed by atoms with E-state index in [9.17, 15) is 19.5 Å². The fraction of sp³-hybridized carbons (Fsp3) is 0.515. The van der Waals surface area contributed by atoms with Crippen LogP contribution in [-0.2, 0) is 34.7 Å². The number of benzene rings is 1. The summed E-state index contributed by atoms with van der Waals surface area (Å²) in [6, 6.07) is 7.77. The second kappa shape index (κ2) is 12.9. The monoisotopic (exact) mass is 658 g/mol. The van der Waals surface area contributed by atoms with Crippen molar-refractivity contribution in [2.24, 2.45) is 0 Å². The van der Waals surface area contributed by atoms with Gasteiger partial charge in [-0.3, -0.25) is 4.79 Å².